The van der Waals surface area contributed by atoms with Crippen LogP contribution in [0.1, 0.15) is 52.4 Å². The predicted molar refractivity (Wildman–Crippen MR) is 97.3 cm³/mol. The normalized spacial score (nSPS) is 14.6. The molecule has 3 rings (SSSR count). The molecule has 1 fully saturated rings. The molecule has 1 amide bonds. The van der Waals surface area contributed by atoms with E-state index in [4.69, 9.17) is 0 Å². The number of amides is 1. The molecule has 1 aliphatic rings. The maximum Gasteiger partial charge on any atom is 0.253 e. The zero-order valence-corrected chi connectivity index (χ0v) is 14.6. The van der Waals surface area contributed by atoms with Crippen LogP contribution in [0.2, 0.25) is 0 Å². The zero-order chi connectivity index (χ0) is 16.9. The molecule has 0 atom stereocenters. The molecule has 2 N–H and O–H groups in total. The van der Waals surface area contributed by atoms with E-state index in [1.807, 2.05) is 12.3 Å². The average Bonchev–Trinajstić information content (AvgIpc) is 2.94. The van der Waals surface area contributed by atoms with E-state index in [-0.39, 0.29) is 5.91 Å². The highest BCUT2D eigenvalue weighted by molar-refractivity contribution is 5.95. The van der Waals surface area contributed by atoms with E-state index in [1.165, 1.54) is 30.4 Å². The minimum absolute atomic E-state index is 0.0441. The summed E-state index contributed by atoms with van der Waals surface area (Å²) in [5.74, 6) is 0.589. The fourth-order valence-corrected chi connectivity index (χ4v) is 3.28. The molecule has 0 unspecified atom stereocenters. The Kier molecular flexibility index (Phi) is 5.36. The second kappa shape index (κ2) is 7.67. The van der Waals surface area contributed by atoms with Gasteiger partial charge in [-0.15, -0.1) is 0 Å². The summed E-state index contributed by atoms with van der Waals surface area (Å²) in [6, 6.07) is 10.5. The van der Waals surface area contributed by atoms with Gasteiger partial charge in [0.1, 0.15) is 0 Å². The third-order valence-corrected chi connectivity index (χ3v) is 4.73. The van der Waals surface area contributed by atoms with Gasteiger partial charge in [-0.2, -0.15) is 0 Å². The molecule has 0 aliphatic heterocycles. The van der Waals surface area contributed by atoms with Crippen molar-refractivity contribution < 1.29 is 4.79 Å². The lowest BCUT2D eigenvalue weighted by atomic mass is 9.81. The van der Waals surface area contributed by atoms with Gasteiger partial charge in [0.25, 0.3) is 5.91 Å². The molecule has 0 saturated heterocycles. The molecule has 1 aliphatic carbocycles. The van der Waals surface area contributed by atoms with Crippen LogP contribution < -0.4 is 5.32 Å². The zero-order valence-electron chi connectivity index (χ0n) is 14.6. The number of aromatic amines is 1. The largest absolute Gasteiger partial charge is 0.364 e. The van der Waals surface area contributed by atoms with E-state index in [1.54, 1.807) is 0 Å². The van der Waals surface area contributed by atoms with E-state index in [2.05, 4.69) is 53.6 Å². The van der Waals surface area contributed by atoms with Crippen molar-refractivity contribution in [1.82, 2.24) is 15.2 Å². The van der Waals surface area contributed by atoms with Crippen molar-refractivity contribution in [1.29, 1.82) is 0 Å². The Balaban J connectivity index is 1.53. The number of H-pyrrole nitrogens is 1. The quantitative estimate of drug-likeness (QED) is 0.820. The van der Waals surface area contributed by atoms with Crippen molar-refractivity contribution in [3.8, 4) is 0 Å². The van der Waals surface area contributed by atoms with Gasteiger partial charge in [0.15, 0.2) is 0 Å². The summed E-state index contributed by atoms with van der Waals surface area (Å²) in [6.45, 7) is 1.60. The maximum atomic E-state index is 12.4. The first-order valence-corrected chi connectivity index (χ1v) is 8.81. The highest BCUT2D eigenvalue weighted by atomic mass is 16.1. The summed E-state index contributed by atoms with van der Waals surface area (Å²) in [4.78, 5) is 17.9. The van der Waals surface area contributed by atoms with Gasteiger partial charge in [-0.05, 0) is 56.5 Å². The van der Waals surface area contributed by atoms with Crippen LogP contribution in [0.15, 0.2) is 36.5 Å². The fraction of sp³-hybridized carbons (Fsp3) is 0.450. The summed E-state index contributed by atoms with van der Waals surface area (Å²) in [7, 11) is 4.15. The van der Waals surface area contributed by atoms with Crippen LogP contribution >= 0.6 is 0 Å². The molecule has 1 aromatic heterocycles. The van der Waals surface area contributed by atoms with Crippen LogP contribution in [-0.2, 0) is 13.0 Å². The Morgan fingerprint density at radius 1 is 1.25 bits per heavy atom. The Labute approximate surface area is 144 Å². The summed E-state index contributed by atoms with van der Waals surface area (Å²) in [5.41, 5.74) is 4.51. The molecule has 1 heterocycles. The molecule has 24 heavy (non-hydrogen) atoms. The van der Waals surface area contributed by atoms with Gasteiger partial charge in [0.05, 0.1) is 5.56 Å². The third-order valence-electron chi connectivity index (χ3n) is 4.73. The van der Waals surface area contributed by atoms with Crippen molar-refractivity contribution in [3.63, 3.8) is 0 Å². The van der Waals surface area contributed by atoms with Crippen LogP contribution in [0.4, 0.5) is 0 Å². The van der Waals surface area contributed by atoms with Crippen LogP contribution in [0.25, 0.3) is 0 Å². The summed E-state index contributed by atoms with van der Waals surface area (Å²) >= 11 is 0. The van der Waals surface area contributed by atoms with E-state index in [0.29, 0.717) is 12.5 Å². The van der Waals surface area contributed by atoms with Crippen LogP contribution in [0.3, 0.4) is 0 Å². The molecule has 0 spiro atoms. The van der Waals surface area contributed by atoms with Gasteiger partial charge in [-0.1, -0.05) is 30.7 Å². The number of nitrogens with one attached hydrogen (secondary N) is 2. The third kappa shape index (κ3) is 4.06. The number of benzene rings is 1. The minimum atomic E-state index is 0.0441. The first-order chi connectivity index (χ1) is 11.6. The maximum absolute atomic E-state index is 12.4. The lowest BCUT2D eigenvalue weighted by Crippen LogP contribution is -2.27. The van der Waals surface area contributed by atoms with E-state index in [0.717, 1.165) is 24.2 Å². The van der Waals surface area contributed by atoms with Gasteiger partial charge >= 0.3 is 0 Å². The molecule has 1 saturated carbocycles. The second-order valence-corrected chi connectivity index (χ2v) is 7.00. The van der Waals surface area contributed by atoms with Crippen LogP contribution in [0.5, 0.6) is 0 Å². The smallest absolute Gasteiger partial charge is 0.253 e. The number of rotatable bonds is 7. The van der Waals surface area contributed by atoms with Crippen molar-refractivity contribution in [2.45, 2.75) is 38.1 Å². The van der Waals surface area contributed by atoms with Crippen molar-refractivity contribution in [2.75, 3.05) is 20.6 Å². The molecule has 2 aromatic rings. The monoisotopic (exact) mass is 325 g/mol. The van der Waals surface area contributed by atoms with Crippen LogP contribution in [-0.4, -0.2) is 36.4 Å². The minimum Gasteiger partial charge on any atom is -0.364 e. The predicted octanol–water partition coefficient (Wildman–Crippen LogP) is 3.32. The first kappa shape index (κ1) is 16.8. The van der Waals surface area contributed by atoms with E-state index >= 15 is 0 Å². The topological polar surface area (TPSA) is 48.1 Å². The molecular formula is C20H27N3O. The molecule has 0 radical (unpaired) electrons. The van der Waals surface area contributed by atoms with E-state index < -0.39 is 0 Å². The highest BCUT2D eigenvalue weighted by Crippen LogP contribution is 2.37. The number of hydrogen-bond acceptors (Lipinski definition) is 2. The van der Waals surface area contributed by atoms with Crippen LogP contribution in [0, 0.1) is 0 Å². The molecule has 0 bridgehead atoms. The van der Waals surface area contributed by atoms with Gasteiger partial charge in [-0.25, -0.2) is 0 Å². The molecule has 4 nitrogen and oxygen atoms in total. The highest BCUT2D eigenvalue weighted by Gasteiger charge is 2.25. The van der Waals surface area contributed by atoms with Crippen molar-refractivity contribution in [2.24, 2.45) is 0 Å². The Morgan fingerprint density at radius 2 is 2.04 bits per heavy atom. The molecular weight excluding hydrogens is 298 g/mol. The summed E-state index contributed by atoms with van der Waals surface area (Å²) in [5, 5.41) is 3.07. The van der Waals surface area contributed by atoms with Crippen molar-refractivity contribution >= 4 is 5.91 Å². The second-order valence-electron chi connectivity index (χ2n) is 7.00. The number of carbonyl (C=O) groups excluding carboxylic acids is 1. The average molecular weight is 325 g/mol. The first-order valence-electron chi connectivity index (χ1n) is 8.81. The Bertz CT molecular complexity index is 686. The Hall–Kier alpha value is -2.07. The summed E-state index contributed by atoms with van der Waals surface area (Å²) in [6.07, 6.45) is 6.40. The van der Waals surface area contributed by atoms with Gasteiger partial charge in [-0.3, -0.25) is 4.79 Å². The number of carbonyl (C=O) groups is 1. The fourth-order valence-electron chi connectivity index (χ4n) is 3.28. The number of nitrogens with zero attached hydrogens (tertiary/aromatic N) is 1. The summed E-state index contributed by atoms with van der Waals surface area (Å²) < 4.78 is 0. The molecule has 4 heteroatoms. The van der Waals surface area contributed by atoms with Gasteiger partial charge in [0.2, 0.25) is 0 Å². The standard InChI is InChI=1S/C20H27N3O/c1-23(2)14-16-6-3-5-15(13-16)9-11-22-20(24)18-10-12-21-19(18)17-7-4-8-17/h3,5-6,10,12-13,17,21H,4,7-9,11,14H2,1-2H3,(H,22,24). The number of aromatic nitrogens is 1. The van der Waals surface area contributed by atoms with Gasteiger partial charge < -0.3 is 15.2 Å². The SMILES string of the molecule is CN(C)Cc1cccc(CCNC(=O)c2cc[nH]c2C2CCC2)c1. The number of hydrogen-bond donors (Lipinski definition) is 2. The Morgan fingerprint density at radius 3 is 2.75 bits per heavy atom. The van der Waals surface area contributed by atoms with E-state index in [9.17, 15) is 4.79 Å². The lowest BCUT2D eigenvalue weighted by Gasteiger charge is -2.25. The lowest BCUT2D eigenvalue weighted by molar-refractivity contribution is 0.0952. The van der Waals surface area contributed by atoms with Crippen molar-refractivity contribution in [3.05, 3.63) is 58.9 Å². The molecule has 1 aromatic carbocycles. The van der Waals surface area contributed by atoms with Gasteiger partial charge in [0, 0.05) is 25.0 Å². The molecule has 128 valence electrons.